The Morgan fingerprint density at radius 2 is 1.95 bits per heavy atom. The third-order valence-corrected chi connectivity index (χ3v) is 3.42. The number of halogens is 1. The van der Waals surface area contributed by atoms with Crippen molar-refractivity contribution in [2.45, 2.75) is 20.4 Å². The SMILES string of the molecule is Cc1cc(/C(N)=N/O)ccc1CNc1cc(F)ccc1C. The van der Waals surface area contributed by atoms with E-state index in [1.807, 2.05) is 26.0 Å². The molecule has 0 atom stereocenters. The van der Waals surface area contributed by atoms with E-state index < -0.39 is 0 Å². The van der Waals surface area contributed by atoms with Gasteiger partial charge in [-0.2, -0.15) is 0 Å². The molecule has 2 aromatic rings. The fraction of sp³-hybridized carbons (Fsp3) is 0.188. The molecule has 0 aliphatic carbocycles. The van der Waals surface area contributed by atoms with Crippen LogP contribution in [0.5, 0.6) is 0 Å². The predicted molar refractivity (Wildman–Crippen MR) is 82.2 cm³/mol. The Labute approximate surface area is 123 Å². The fourth-order valence-corrected chi connectivity index (χ4v) is 2.09. The van der Waals surface area contributed by atoms with Crippen molar-refractivity contribution in [2.24, 2.45) is 10.9 Å². The van der Waals surface area contributed by atoms with Gasteiger partial charge in [-0.15, -0.1) is 0 Å². The number of amidine groups is 1. The van der Waals surface area contributed by atoms with E-state index in [0.717, 1.165) is 22.4 Å². The minimum absolute atomic E-state index is 0.0820. The van der Waals surface area contributed by atoms with E-state index in [9.17, 15) is 4.39 Å². The van der Waals surface area contributed by atoms with Crippen molar-refractivity contribution in [3.05, 3.63) is 64.5 Å². The summed E-state index contributed by atoms with van der Waals surface area (Å²) in [7, 11) is 0. The van der Waals surface area contributed by atoms with Gasteiger partial charge in [-0.1, -0.05) is 23.4 Å². The van der Waals surface area contributed by atoms with Crippen LogP contribution in [0, 0.1) is 19.7 Å². The zero-order valence-electron chi connectivity index (χ0n) is 12.0. The molecular weight excluding hydrogens is 269 g/mol. The normalized spacial score (nSPS) is 11.5. The van der Waals surface area contributed by atoms with Crippen molar-refractivity contribution in [3.63, 3.8) is 0 Å². The zero-order chi connectivity index (χ0) is 15.4. The first-order valence-corrected chi connectivity index (χ1v) is 6.58. The van der Waals surface area contributed by atoms with Crippen LogP contribution in [0.15, 0.2) is 41.6 Å². The van der Waals surface area contributed by atoms with Gasteiger partial charge in [0.1, 0.15) is 5.82 Å². The average Bonchev–Trinajstić information content (AvgIpc) is 2.48. The molecule has 4 nitrogen and oxygen atoms in total. The second-order valence-corrected chi connectivity index (χ2v) is 4.94. The molecular formula is C16H18FN3O. The molecule has 0 radical (unpaired) electrons. The molecule has 0 spiro atoms. The van der Waals surface area contributed by atoms with Gasteiger partial charge in [-0.05, 0) is 48.7 Å². The van der Waals surface area contributed by atoms with E-state index >= 15 is 0 Å². The number of oxime groups is 1. The second-order valence-electron chi connectivity index (χ2n) is 4.94. The highest BCUT2D eigenvalue weighted by atomic mass is 19.1. The minimum Gasteiger partial charge on any atom is -0.409 e. The summed E-state index contributed by atoms with van der Waals surface area (Å²) in [6, 6.07) is 10.2. The molecule has 0 unspecified atom stereocenters. The van der Waals surface area contributed by atoms with Crippen LogP contribution in [-0.2, 0) is 6.54 Å². The van der Waals surface area contributed by atoms with Gasteiger partial charge in [0.15, 0.2) is 5.84 Å². The van der Waals surface area contributed by atoms with E-state index in [4.69, 9.17) is 10.9 Å². The molecule has 5 heteroatoms. The van der Waals surface area contributed by atoms with Gasteiger partial charge in [-0.25, -0.2) is 4.39 Å². The second kappa shape index (κ2) is 6.26. The van der Waals surface area contributed by atoms with Gasteiger partial charge in [-0.3, -0.25) is 0 Å². The summed E-state index contributed by atoms with van der Waals surface area (Å²) in [6.07, 6.45) is 0. The molecule has 0 aliphatic heterocycles. The first-order chi connectivity index (χ1) is 10.0. The van der Waals surface area contributed by atoms with E-state index in [0.29, 0.717) is 12.1 Å². The number of aryl methyl sites for hydroxylation is 2. The molecule has 2 rings (SSSR count). The maximum atomic E-state index is 13.2. The van der Waals surface area contributed by atoms with Crippen molar-refractivity contribution in [3.8, 4) is 0 Å². The van der Waals surface area contributed by atoms with Crippen LogP contribution in [0.2, 0.25) is 0 Å². The highest BCUT2D eigenvalue weighted by Gasteiger charge is 2.05. The van der Waals surface area contributed by atoms with Crippen LogP contribution in [0.4, 0.5) is 10.1 Å². The predicted octanol–water partition coefficient (Wildman–Crippen LogP) is 3.15. The Morgan fingerprint density at radius 3 is 2.62 bits per heavy atom. The Kier molecular flexibility index (Phi) is 4.42. The molecule has 0 saturated carbocycles. The Hall–Kier alpha value is -2.56. The molecule has 4 N–H and O–H groups in total. The molecule has 0 aromatic heterocycles. The van der Waals surface area contributed by atoms with E-state index in [2.05, 4.69) is 10.5 Å². The third kappa shape index (κ3) is 3.51. The smallest absolute Gasteiger partial charge is 0.170 e. The van der Waals surface area contributed by atoms with Gasteiger partial charge in [0.25, 0.3) is 0 Å². The summed E-state index contributed by atoms with van der Waals surface area (Å²) < 4.78 is 13.2. The van der Waals surface area contributed by atoms with Crippen molar-refractivity contribution in [1.29, 1.82) is 0 Å². The van der Waals surface area contributed by atoms with Crippen molar-refractivity contribution < 1.29 is 9.60 Å². The number of nitrogens with zero attached hydrogens (tertiary/aromatic N) is 1. The van der Waals surface area contributed by atoms with Crippen LogP contribution in [0.3, 0.4) is 0 Å². The van der Waals surface area contributed by atoms with Gasteiger partial charge in [0, 0.05) is 17.8 Å². The van der Waals surface area contributed by atoms with Crippen molar-refractivity contribution in [2.75, 3.05) is 5.32 Å². The number of rotatable bonds is 4. The molecule has 0 bridgehead atoms. The summed E-state index contributed by atoms with van der Waals surface area (Å²) in [5.41, 5.74) is 10.1. The van der Waals surface area contributed by atoms with Crippen molar-refractivity contribution in [1.82, 2.24) is 0 Å². The largest absolute Gasteiger partial charge is 0.409 e. The third-order valence-electron chi connectivity index (χ3n) is 3.42. The molecule has 21 heavy (non-hydrogen) atoms. The van der Waals surface area contributed by atoms with Gasteiger partial charge in [0.2, 0.25) is 0 Å². The number of nitrogens with one attached hydrogen (secondary N) is 1. The van der Waals surface area contributed by atoms with E-state index in [1.165, 1.54) is 12.1 Å². The topological polar surface area (TPSA) is 70.6 Å². The number of anilines is 1. The van der Waals surface area contributed by atoms with Crippen LogP contribution >= 0.6 is 0 Å². The number of hydrogen-bond acceptors (Lipinski definition) is 3. The maximum absolute atomic E-state index is 13.2. The van der Waals surface area contributed by atoms with Crippen LogP contribution < -0.4 is 11.1 Å². The quantitative estimate of drug-likeness (QED) is 0.350. The average molecular weight is 287 g/mol. The molecule has 2 aromatic carbocycles. The van der Waals surface area contributed by atoms with Crippen molar-refractivity contribution >= 4 is 11.5 Å². The summed E-state index contributed by atoms with van der Waals surface area (Å²) in [4.78, 5) is 0. The zero-order valence-corrected chi connectivity index (χ0v) is 12.0. The number of benzene rings is 2. The Balaban J connectivity index is 2.15. The molecule has 0 fully saturated rings. The van der Waals surface area contributed by atoms with Crippen LogP contribution in [-0.4, -0.2) is 11.0 Å². The lowest BCUT2D eigenvalue weighted by Gasteiger charge is -2.12. The molecule has 0 amide bonds. The molecule has 0 aliphatic rings. The summed E-state index contributed by atoms with van der Waals surface area (Å²) >= 11 is 0. The van der Waals surface area contributed by atoms with Gasteiger partial charge < -0.3 is 16.3 Å². The Bertz CT molecular complexity index is 683. The lowest BCUT2D eigenvalue weighted by Crippen LogP contribution is -2.13. The minimum atomic E-state index is -0.262. The number of hydrogen-bond donors (Lipinski definition) is 3. The standard InChI is InChI=1S/C16H18FN3O/c1-10-3-6-14(17)8-15(10)19-9-13-5-4-12(7-11(13)2)16(18)20-21/h3-8,19,21H,9H2,1-2H3,(H2,18,20). The van der Waals surface area contributed by atoms with Crippen LogP contribution in [0.1, 0.15) is 22.3 Å². The summed E-state index contributed by atoms with van der Waals surface area (Å²) in [5, 5.41) is 14.9. The fourth-order valence-electron chi connectivity index (χ4n) is 2.09. The first-order valence-electron chi connectivity index (χ1n) is 6.58. The van der Waals surface area contributed by atoms with E-state index in [1.54, 1.807) is 12.1 Å². The summed E-state index contributed by atoms with van der Waals surface area (Å²) in [5.74, 6) is -0.180. The van der Waals surface area contributed by atoms with Gasteiger partial charge >= 0.3 is 0 Å². The first kappa shape index (κ1) is 14.8. The summed E-state index contributed by atoms with van der Waals surface area (Å²) in [6.45, 7) is 4.45. The Morgan fingerprint density at radius 1 is 1.19 bits per heavy atom. The van der Waals surface area contributed by atoms with Crippen LogP contribution in [0.25, 0.3) is 0 Å². The maximum Gasteiger partial charge on any atom is 0.170 e. The van der Waals surface area contributed by atoms with E-state index in [-0.39, 0.29) is 11.7 Å². The monoisotopic (exact) mass is 287 g/mol. The lowest BCUT2D eigenvalue weighted by atomic mass is 10.0. The highest BCUT2D eigenvalue weighted by Crippen LogP contribution is 2.18. The lowest BCUT2D eigenvalue weighted by molar-refractivity contribution is 0.318. The molecule has 110 valence electrons. The van der Waals surface area contributed by atoms with Gasteiger partial charge in [0.05, 0.1) is 0 Å². The number of nitrogens with two attached hydrogens (primary N) is 1. The molecule has 0 heterocycles. The highest BCUT2D eigenvalue weighted by molar-refractivity contribution is 5.97. The molecule has 0 saturated heterocycles.